The Hall–Kier alpha value is -3.65. The molecule has 3 rings (SSSR count). The number of hydrogen-bond donors (Lipinski definition) is 2. The third kappa shape index (κ3) is 4.84. The van der Waals surface area contributed by atoms with E-state index in [9.17, 15) is 18.0 Å². The van der Waals surface area contributed by atoms with Gasteiger partial charge in [0, 0.05) is 30.9 Å². The van der Waals surface area contributed by atoms with E-state index in [0.29, 0.717) is 17.1 Å². The zero-order chi connectivity index (χ0) is 21.7. The largest absolute Gasteiger partial charge is 0.326 e. The summed E-state index contributed by atoms with van der Waals surface area (Å²) in [5.41, 5.74) is 1.86. The van der Waals surface area contributed by atoms with Crippen LogP contribution in [0.2, 0.25) is 0 Å². The van der Waals surface area contributed by atoms with Crippen LogP contribution >= 0.6 is 0 Å². The molecule has 0 spiro atoms. The normalized spacial score (nSPS) is 10.9. The van der Waals surface area contributed by atoms with Crippen LogP contribution in [-0.2, 0) is 14.8 Å². The van der Waals surface area contributed by atoms with Gasteiger partial charge in [-0.3, -0.25) is 13.9 Å². The number of para-hydroxylation sites is 1. The van der Waals surface area contributed by atoms with E-state index in [-0.39, 0.29) is 16.4 Å². The number of carbonyl (C=O) groups is 2. The summed E-state index contributed by atoms with van der Waals surface area (Å²) in [5, 5.41) is 5.36. The fourth-order valence-electron chi connectivity index (χ4n) is 2.78. The van der Waals surface area contributed by atoms with Gasteiger partial charge in [-0.2, -0.15) is 0 Å². The molecule has 8 heteroatoms. The molecule has 154 valence electrons. The number of amides is 2. The van der Waals surface area contributed by atoms with Gasteiger partial charge in [0.1, 0.15) is 0 Å². The minimum atomic E-state index is -3.82. The molecule has 3 aromatic carbocycles. The monoisotopic (exact) mass is 423 g/mol. The maximum Gasteiger partial charge on any atom is 0.264 e. The predicted octanol–water partition coefficient (Wildman–Crippen LogP) is 3.72. The summed E-state index contributed by atoms with van der Waals surface area (Å²) in [4.78, 5) is 23.7. The first-order chi connectivity index (χ1) is 14.3. The zero-order valence-electron chi connectivity index (χ0n) is 16.5. The molecule has 0 aromatic heterocycles. The third-order valence-electron chi connectivity index (χ3n) is 4.34. The Labute approximate surface area is 175 Å². The van der Waals surface area contributed by atoms with Gasteiger partial charge in [0.2, 0.25) is 5.91 Å². The van der Waals surface area contributed by atoms with Crippen LogP contribution in [0.3, 0.4) is 0 Å². The van der Waals surface area contributed by atoms with Crippen LogP contribution in [0.15, 0.2) is 83.8 Å². The fourth-order valence-corrected chi connectivity index (χ4v) is 4.02. The first-order valence-electron chi connectivity index (χ1n) is 9.10. The molecule has 3 aromatic rings. The molecule has 30 heavy (non-hydrogen) atoms. The van der Waals surface area contributed by atoms with E-state index < -0.39 is 15.9 Å². The molecule has 0 fully saturated rings. The maximum atomic E-state index is 13.0. The molecular formula is C22H21N3O4S. The Morgan fingerprint density at radius 3 is 2.00 bits per heavy atom. The van der Waals surface area contributed by atoms with Crippen molar-refractivity contribution in [2.45, 2.75) is 11.8 Å². The lowest BCUT2D eigenvalue weighted by Crippen LogP contribution is -2.26. The molecule has 0 radical (unpaired) electrons. The average Bonchev–Trinajstić information content (AvgIpc) is 2.75. The van der Waals surface area contributed by atoms with Crippen molar-refractivity contribution in [3.63, 3.8) is 0 Å². The summed E-state index contributed by atoms with van der Waals surface area (Å²) < 4.78 is 27.1. The van der Waals surface area contributed by atoms with Gasteiger partial charge in [-0.25, -0.2) is 8.42 Å². The molecule has 2 amide bonds. The second kappa shape index (κ2) is 8.79. The van der Waals surface area contributed by atoms with Gasteiger partial charge >= 0.3 is 0 Å². The van der Waals surface area contributed by atoms with Crippen molar-refractivity contribution in [3.8, 4) is 0 Å². The summed E-state index contributed by atoms with van der Waals surface area (Å²) in [6.07, 6.45) is 0. The highest BCUT2D eigenvalue weighted by Crippen LogP contribution is 2.23. The van der Waals surface area contributed by atoms with Crippen LogP contribution in [0.1, 0.15) is 17.3 Å². The lowest BCUT2D eigenvalue weighted by atomic mass is 10.2. The Bertz CT molecular complexity index is 1160. The van der Waals surface area contributed by atoms with Gasteiger partial charge in [-0.05, 0) is 54.6 Å². The van der Waals surface area contributed by atoms with Crippen LogP contribution < -0.4 is 14.9 Å². The van der Waals surface area contributed by atoms with E-state index in [2.05, 4.69) is 10.6 Å². The number of rotatable bonds is 6. The quantitative estimate of drug-likeness (QED) is 0.632. The van der Waals surface area contributed by atoms with E-state index in [4.69, 9.17) is 0 Å². The number of anilines is 3. The second-order valence-corrected chi connectivity index (χ2v) is 8.52. The molecule has 7 nitrogen and oxygen atoms in total. The van der Waals surface area contributed by atoms with Crippen LogP contribution in [0.5, 0.6) is 0 Å². The smallest absolute Gasteiger partial charge is 0.264 e. The van der Waals surface area contributed by atoms with Gasteiger partial charge in [0.25, 0.3) is 15.9 Å². The van der Waals surface area contributed by atoms with Crippen molar-refractivity contribution in [1.29, 1.82) is 0 Å². The van der Waals surface area contributed by atoms with E-state index >= 15 is 0 Å². The Morgan fingerprint density at radius 1 is 0.800 bits per heavy atom. The van der Waals surface area contributed by atoms with Crippen molar-refractivity contribution in [2.75, 3.05) is 22.0 Å². The molecular weight excluding hydrogens is 402 g/mol. The van der Waals surface area contributed by atoms with Crippen molar-refractivity contribution in [1.82, 2.24) is 0 Å². The molecule has 0 saturated carbocycles. The number of benzene rings is 3. The van der Waals surface area contributed by atoms with Crippen LogP contribution in [0, 0.1) is 0 Å². The fraction of sp³-hybridized carbons (Fsp3) is 0.0909. The van der Waals surface area contributed by atoms with E-state index in [1.165, 1.54) is 36.5 Å². The van der Waals surface area contributed by atoms with Crippen LogP contribution in [0.4, 0.5) is 17.1 Å². The minimum Gasteiger partial charge on any atom is -0.326 e. The Balaban J connectivity index is 1.79. The Morgan fingerprint density at radius 2 is 1.40 bits per heavy atom. The zero-order valence-corrected chi connectivity index (χ0v) is 17.3. The maximum absolute atomic E-state index is 13.0. The van der Waals surface area contributed by atoms with E-state index in [0.717, 1.165) is 0 Å². The highest BCUT2D eigenvalue weighted by atomic mass is 32.2. The summed E-state index contributed by atoms with van der Waals surface area (Å²) >= 11 is 0. The van der Waals surface area contributed by atoms with E-state index in [1.807, 2.05) is 0 Å². The number of sulfonamides is 1. The molecule has 0 aliphatic heterocycles. The third-order valence-corrected chi connectivity index (χ3v) is 6.12. The first-order valence-corrected chi connectivity index (χ1v) is 10.5. The van der Waals surface area contributed by atoms with Crippen molar-refractivity contribution in [2.24, 2.45) is 0 Å². The summed E-state index contributed by atoms with van der Waals surface area (Å²) in [6, 6.07) is 21.2. The topological polar surface area (TPSA) is 95.6 Å². The standard InChI is InChI=1S/C22H21N3O4S/c1-16(26)23-18-11-13-19(14-12-18)24-22(27)17-7-6-10-21(15-17)30(28,29)25(2)20-8-4-3-5-9-20/h3-15H,1-2H3,(H,23,26)(H,24,27). The van der Waals surface area contributed by atoms with Gasteiger partial charge in [-0.15, -0.1) is 0 Å². The summed E-state index contributed by atoms with van der Waals surface area (Å²) in [7, 11) is -2.36. The van der Waals surface area contributed by atoms with Crippen molar-refractivity contribution < 1.29 is 18.0 Å². The lowest BCUT2D eigenvalue weighted by molar-refractivity contribution is -0.114. The predicted molar refractivity (Wildman–Crippen MR) is 117 cm³/mol. The molecule has 0 bridgehead atoms. The Kier molecular flexibility index (Phi) is 6.17. The van der Waals surface area contributed by atoms with Gasteiger partial charge < -0.3 is 10.6 Å². The van der Waals surface area contributed by atoms with Crippen molar-refractivity contribution in [3.05, 3.63) is 84.4 Å². The number of nitrogens with zero attached hydrogens (tertiary/aromatic N) is 1. The average molecular weight is 423 g/mol. The van der Waals surface area contributed by atoms with Gasteiger partial charge in [0.15, 0.2) is 0 Å². The van der Waals surface area contributed by atoms with Crippen molar-refractivity contribution >= 4 is 38.9 Å². The summed E-state index contributed by atoms with van der Waals surface area (Å²) in [5.74, 6) is -0.632. The van der Waals surface area contributed by atoms with Gasteiger partial charge in [-0.1, -0.05) is 24.3 Å². The molecule has 2 N–H and O–H groups in total. The highest BCUT2D eigenvalue weighted by molar-refractivity contribution is 7.92. The SMILES string of the molecule is CC(=O)Nc1ccc(NC(=O)c2cccc(S(=O)(=O)N(C)c3ccccc3)c2)cc1. The van der Waals surface area contributed by atoms with Gasteiger partial charge in [0.05, 0.1) is 10.6 Å². The molecule has 0 aliphatic carbocycles. The van der Waals surface area contributed by atoms with Crippen LogP contribution in [-0.4, -0.2) is 27.3 Å². The lowest BCUT2D eigenvalue weighted by Gasteiger charge is -2.19. The number of hydrogen-bond acceptors (Lipinski definition) is 4. The van der Waals surface area contributed by atoms with Crippen LogP contribution in [0.25, 0.3) is 0 Å². The minimum absolute atomic E-state index is 0.0162. The molecule has 0 heterocycles. The molecule has 0 saturated heterocycles. The molecule has 0 unspecified atom stereocenters. The summed E-state index contributed by atoms with van der Waals surface area (Å²) in [6.45, 7) is 1.41. The molecule has 0 aliphatic rings. The highest BCUT2D eigenvalue weighted by Gasteiger charge is 2.22. The first kappa shape index (κ1) is 21.1. The molecule has 0 atom stereocenters. The van der Waals surface area contributed by atoms with E-state index in [1.54, 1.807) is 60.7 Å². The number of carbonyl (C=O) groups excluding carboxylic acids is 2. The number of nitrogens with one attached hydrogen (secondary N) is 2. The second-order valence-electron chi connectivity index (χ2n) is 6.55.